The molecule has 1 amide bonds. The van der Waals surface area contributed by atoms with Crippen molar-refractivity contribution in [2.24, 2.45) is 0 Å². The van der Waals surface area contributed by atoms with Crippen molar-refractivity contribution < 1.29 is 19.4 Å². The van der Waals surface area contributed by atoms with Gasteiger partial charge in [-0.15, -0.1) is 0 Å². The molecule has 0 aliphatic heterocycles. The monoisotopic (exact) mass is 389 g/mol. The Hall–Kier alpha value is -3.44. The van der Waals surface area contributed by atoms with Crippen molar-refractivity contribution in [1.82, 2.24) is 5.32 Å². The number of nitrogens with one attached hydrogen (secondary N) is 1. The number of hydrogen-bond acceptors (Lipinski definition) is 4. The van der Waals surface area contributed by atoms with Crippen molar-refractivity contribution in [2.45, 2.75) is 18.1 Å². The van der Waals surface area contributed by atoms with Crippen LogP contribution in [-0.4, -0.2) is 30.1 Å². The highest BCUT2D eigenvalue weighted by Crippen LogP contribution is 2.29. The minimum atomic E-state index is -1.39. The zero-order chi connectivity index (χ0) is 20.6. The van der Waals surface area contributed by atoms with Gasteiger partial charge in [0, 0.05) is 5.92 Å². The molecule has 0 saturated carbocycles. The van der Waals surface area contributed by atoms with Crippen LogP contribution in [0.5, 0.6) is 0 Å². The number of hydrogen-bond donors (Lipinski definition) is 2. The van der Waals surface area contributed by atoms with Gasteiger partial charge >= 0.3 is 5.97 Å². The molecule has 0 aromatic heterocycles. The molecule has 2 atom stereocenters. The van der Waals surface area contributed by atoms with Gasteiger partial charge in [0.2, 0.25) is 0 Å². The van der Waals surface area contributed by atoms with Crippen LogP contribution < -0.4 is 5.32 Å². The summed E-state index contributed by atoms with van der Waals surface area (Å²) in [5.74, 6) is -1.73. The Bertz CT molecular complexity index is 889. The van der Waals surface area contributed by atoms with Gasteiger partial charge in [0.1, 0.15) is 6.04 Å². The molecular formula is C24H23NO4. The van der Waals surface area contributed by atoms with Crippen LogP contribution in [0.2, 0.25) is 0 Å². The van der Waals surface area contributed by atoms with Crippen molar-refractivity contribution >= 4 is 11.9 Å². The summed E-state index contributed by atoms with van der Waals surface area (Å²) >= 11 is 0. The van der Waals surface area contributed by atoms with Crippen molar-refractivity contribution in [3.8, 4) is 0 Å². The number of carbonyl (C=O) groups excluding carboxylic acids is 2. The van der Waals surface area contributed by atoms with E-state index in [-0.39, 0.29) is 0 Å². The molecular weight excluding hydrogens is 366 g/mol. The topological polar surface area (TPSA) is 75.6 Å². The maximum atomic E-state index is 12.8. The maximum absolute atomic E-state index is 12.8. The Morgan fingerprint density at radius 1 is 0.759 bits per heavy atom. The van der Waals surface area contributed by atoms with E-state index in [0.717, 1.165) is 11.1 Å². The number of aliphatic hydroxyl groups is 1. The van der Waals surface area contributed by atoms with Crippen LogP contribution >= 0.6 is 0 Å². The second kappa shape index (κ2) is 9.66. The summed E-state index contributed by atoms with van der Waals surface area (Å²) in [5, 5.41) is 13.2. The molecule has 148 valence electrons. The van der Waals surface area contributed by atoms with Gasteiger partial charge in [-0.3, -0.25) is 4.79 Å². The molecule has 0 bridgehead atoms. The molecule has 2 N–H and O–H groups in total. The highest BCUT2D eigenvalue weighted by molar-refractivity contribution is 5.88. The minimum absolute atomic E-state index is 0.449. The van der Waals surface area contributed by atoms with Crippen LogP contribution in [0.3, 0.4) is 0 Å². The smallest absolute Gasteiger partial charge is 0.329 e. The summed E-state index contributed by atoms with van der Waals surface area (Å²) < 4.78 is 4.99. The number of benzene rings is 3. The molecule has 29 heavy (non-hydrogen) atoms. The van der Waals surface area contributed by atoms with E-state index < -0.39 is 29.9 Å². The van der Waals surface area contributed by atoms with E-state index in [1.54, 1.807) is 30.3 Å². The van der Waals surface area contributed by atoms with Crippen molar-refractivity contribution in [3.63, 3.8) is 0 Å². The van der Waals surface area contributed by atoms with Gasteiger partial charge in [0.15, 0.2) is 6.10 Å². The Morgan fingerprint density at radius 3 is 1.59 bits per heavy atom. The first kappa shape index (κ1) is 20.3. The van der Waals surface area contributed by atoms with Gasteiger partial charge in [0.25, 0.3) is 5.91 Å². The summed E-state index contributed by atoms with van der Waals surface area (Å²) in [6.07, 6.45) is -1.39. The maximum Gasteiger partial charge on any atom is 0.329 e. The average Bonchev–Trinajstić information content (AvgIpc) is 2.79. The van der Waals surface area contributed by atoms with Crippen molar-refractivity contribution in [2.75, 3.05) is 7.11 Å². The standard InChI is InChI=1S/C24H23NO4/c1-29-24(28)21(25-23(27)22(26)19-15-9-4-10-16-19)20(17-11-5-2-6-12-17)18-13-7-3-8-14-18/h2-16,20-22,26H,1H3,(H,25,27)/t21-,22-/m0/s1. The van der Waals surface area contributed by atoms with Gasteiger partial charge in [-0.1, -0.05) is 91.0 Å². The largest absolute Gasteiger partial charge is 0.467 e. The second-order valence-corrected chi connectivity index (χ2v) is 6.62. The molecule has 0 unspecified atom stereocenters. The Morgan fingerprint density at radius 2 is 1.17 bits per heavy atom. The molecule has 0 radical (unpaired) electrons. The minimum Gasteiger partial charge on any atom is -0.467 e. The molecule has 0 aliphatic carbocycles. The third kappa shape index (κ3) is 4.89. The lowest BCUT2D eigenvalue weighted by atomic mass is 9.84. The van der Waals surface area contributed by atoms with Crippen LogP contribution in [0.4, 0.5) is 0 Å². The van der Waals surface area contributed by atoms with Gasteiger partial charge in [-0.05, 0) is 16.7 Å². The van der Waals surface area contributed by atoms with Crippen molar-refractivity contribution in [3.05, 3.63) is 108 Å². The average molecular weight is 389 g/mol. The SMILES string of the molecule is COC(=O)[C@@H](NC(=O)[C@@H](O)c1ccccc1)C(c1ccccc1)c1ccccc1. The molecule has 5 nitrogen and oxygen atoms in total. The molecule has 0 aliphatic rings. The fourth-order valence-electron chi connectivity index (χ4n) is 3.32. The zero-order valence-electron chi connectivity index (χ0n) is 16.1. The highest BCUT2D eigenvalue weighted by atomic mass is 16.5. The second-order valence-electron chi connectivity index (χ2n) is 6.62. The van der Waals surface area contributed by atoms with E-state index in [0.29, 0.717) is 5.56 Å². The van der Waals surface area contributed by atoms with Gasteiger partial charge in [-0.25, -0.2) is 4.79 Å². The predicted molar refractivity (Wildman–Crippen MR) is 110 cm³/mol. The third-order valence-electron chi connectivity index (χ3n) is 4.77. The summed E-state index contributed by atoms with van der Waals surface area (Å²) in [7, 11) is 1.28. The third-order valence-corrected chi connectivity index (χ3v) is 4.77. The number of aliphatic hydroxyl groups excluding tert-OH is 1. The Labute approximate surface area is 170 Å². The normalized spacial score (nSPS) is 12.8. The van der Waals surface area contributed by atoms with Gasteiger partial charge in [0.05, 0.1) is 7.11 Å². The Balaban J connectivity index is 1.96. The molecule has 3 rings (SSSR count). The van der Waals surface area contributed by atoms with E-state index in [4.69, 9.17) is 4.74 Å². The lowest BCUT2D eigenvalue weighted by molar-refractivity contribution is -0.146. The molecule has 5 heteroatoms. The van der Waals surface area contributed by atoms with Crippen LogP contribution in [0, 0.1) is 0 Å². The van der Waals surface area contributed by atoms with Crippen molar-refractivity contribution in [1.29, 1.82) is 0 Å². The van der Waals surface area contributed by atoms with Crippen LogP contribution in [-0.2, 0) is 14.3 Å². The number of ether oxygens (including phenoxy) is 1. The number of carbonyl (C=O) groups is 2. The summed E-state index contributed by atoms with van der Waals surface area (Å²) in [6, 6.07) is 26.4. The molecule has 3 aromatic carbocycles. The Kier molecular flexibility index (Phi) is 6.76. The molecule has 3 aromatic rings. The zero-order valence-corrected chi connectivity index (χ0v) is 16.1. The lowest BCUT2D eigenvalue weighted by Gasteiger charge is -2.28. The molecule has 0 fully saturated rings. The van der Waals surface area contributed by atoms with Crippen LogP contribution in [0.1, 0.15) is 28.7 Å². The molecule has 0 spiro atoms. The van der Waals surface area contributed by atoms with E-state index >= 15 is 0 Å². The quantitative estimate of drug-likeness (QED) is 0.609. The van der Waals surface area contributed by atoms with E-state index in [9.17, 15) is 14.7 Å². The first-order valence-electron chi connectivity index (χ1n) is 9.33. The first-order valence-corrected chi connectivity index (χ1v) is 9.33. The van der Waals surface area contributed by atoms with E-state index in [1.165, 1.54) is 7.11 Å². The van der Waals surface area contributed by atoms with Gasteiger partial charge in [-0.2, -0.15) is 0 Å². The highest BCUT2D eigenvalue weighted by Gasteiger charge is 2.34. The lowest BCUT2D eigenvalue weighted by Crippen LogP contribution is -2.47. The molecule has 0 saturated heterocycles. The summed E-state index contributed by atoms with van der Waals surface area (Å²) in [5.41, 5.74) is 2.15. The van der Waals surface area contributed by atoms with Crippen LogP contribution in [0.25, 0.3) is 0 Å². The van der Waals surface area contributed by atoms with E-state index in [2.05, 4.69) is 5.32 Å². The number of methoxy groups -OCH3 is 1. The fourth-order valence-corrected chi connectivity index (χ4v) is 3.32. The fraction of sp³-hybridized carbons (Fsp3) is 0.167. The van der Waals surface area contributed by atoms with Gasteiger partial charge < -0.3 is 15.2 Å². The summed E-state index contributed by atoms with van der Waals surface area (Å²) in [4.78, 5) is 25.4. The predicted octanol–water partition coefficient (Wildman–Crippen LogP) is 3.21. The number of amides is 1. The number of esters is 1. The number of rotatable bonds is 7. The van der Waals surface area contributed by atoms with E-state index in [1.807, 2.05) is 60.7 Å². The first-order chi connectivity index (χ1) is 14.1. The summed E-state index contributed by atoms with van der Waals surface area (Å²) in [6.45, 7) is 0. The van der Waals surface area contributed by atoms with Crippen LogP contribution in [0.15, 0.2) is 91.0 Å². The molecule has 0 heterocycles.